The zero-order valence-electron chi connectivity index (χ0n) is 15.9. The molecule has 9 nitrogen and oxygen atoms in total. The molecule has 0 radical (unpaired) electrons. The molecule has 10 heteroatoms. The topological polar surface area (TPSA) is 125 Å². The summed E-state index contributed by atoms with van der Waals surface area (Å²) in [5.41, 5.74) is 1.55. The molecule has 0 spiro atoms. The highest BCUT2D eigenvalue weighted by molar-refractivity contribution is 7.79. The third kappa shape index (κ3) is 4.88. The molecule has 1 unspecified atom stereocenters. The normalized spacial score (nSPS) is 25.1. The van der Waals surface area contributed by atoms with Crippen molar-refractivity contribution in [1.82, 2.24) is 20.0 Å². The van der Waals surface area contributed by atoms with Gasteiger partial charge in [0.25, 0.3) is 5.91 Å². The van der Waals surface area contributed by atoms with Gasteiger partial charge in [-0.2, -0.15) is 13.5 Å². The maximum absolute atomic E-state index is 12.7. The number of para-hydroxylation sites is 1. The molecule has 2 aliphatic rings. The summed E-state index contributed by atoms with van der Waals surface area (Å²) in [6.07, 6.45) is 5.95. The van der Waals surface area contributed by atoms with E-state index in [0.717, 1.165) is 23.7 Å². The summed E-state index contributed by atoms with van der Waals surface area (Å²) in [5.74, 6) is -0.0329. The lowest BCUT2D eigenvalue weighted by Crippen LogP contribution is -2.55. The Morgan fingerprint density at radius 1 is 1.14 bits per heavy atom. The van der Waals surface area contributed by atoms with E-state index in [4.69, 9.17) is 17.5 Å². The Labute approximate surface area is 164 Å². The molecule has 2 saturated heterocycles. The molecular formula is C18H26N4O5S. The predicted molar refractivity (Wildman–Crippen MR) is 105 cm³/mol. The largest absolute Gasteiger partial charge is 0.394 e. The van der Waals surface area contributed by atoms with Gasteiger partial charge in [-0.15, -0.1) is 0 Å². The van der Waals surface area contributed by atoms with Crippen molar-refractivity contribution in [1.29, 1.82) is 0 Å². The zero-order valence-corrected chi connectivity index (χ0v) is 16.8. The lowest BCUT2D eigenvalue weighted by Gasteiger charge is -2.47. The van der Waals surface area contributed by atoms with E-state index in [0.29, 0.717) is 17.8 Å². The van der Waals surface area contributed by atoms with Crippen molar-refractivity contribution in [3.8, 4) is 0 Å². The first-order chi connectivity index (χ1) is 13.1. The predicted octanol–water partition coefficient (Wildman–Crippen LogP) is 1.67. The van der Waals surface area contributed by atoms with Gasteiger partial charge in [-0.05, 0) is 38.8 Å². The number of nitrogens with one attached hydrogen (secondary N) is 1. The van der Waals surface area contributed by atoms with Crippen molar-refractivity contribution >= 4 is 27.2 Å². The standard InChI is InChI=1S/C18H24N4O.H2O4S/c1-21-13-6-5-7-14(21)11-12(10-13)19-18(23)17-15-8-3-4-9-16(15)22(2)20-17;1-5(2,3)4/h3-4,8-9,12-14H,5-7,10-11H2,1-2H3,(H,19,23);(H2,1,2,3,4)/t12?,13-,14+;. The van der Waals surface area contributed by atoms with Gasteiger partial charge >= 0.3 is 10.4 Å². The van der Waals surface area contributed by atoms with E-state index in [-0.39, 0.29) is 11.9 Å². The Morgan fingerprint density at radius 3 is 2.32 bits per heavy atom. The van der Waals surface area contributed by atoms with E-state index in [1.54, 1.807) is 4.68 Å². The van der Waals surface area contributed by atoms with Crippen LogP contribution >= 0.6 is 0 Å². The van der Waals surface area contributed by atoms with Crippen molar-refractivity contribution < 1.29 is 22.3 Å². The lowest BCUT2D eigenvalue weighted by molar-refractivity contribution is 0.0462. The SMILES string of the molecule is CN1[C@@H]2CCC[C@H]1CC(NC(=O)c1nn(C)c3ccccc13)C2.O=S(=O)(O)O. The van der Waals surface area contributed by atoms with Crippen LogP contribution in [-0.4, -0.2) is 63.3 Å². The Bertz CT molecular complexity index is 936. The lowest BCUT2D eigenvalue weighted by atomic mass is 9.82. The number of piperidine rings is 2. The van der Waals surface area contributed by atoms with Gasteiger partial charge in [0.15, 0.2) is 5.69 Å². The van der Waals surface area contributed by atoms with Crippen molar-refractivity contribution in [3.05, 3.63) is 30.0 Å². The summed E-state index contributed by atoms with van der Waals surface area (Å²) >= 11 is 0. The fourth-order valence-corrected chi connectivity index (χ4v) is 4.37. The number of carbonyl (C=O) groups excluding carboxylic acids is 1. The zero-order chi connectivity index (χ0) is 20.5. The van der Waals surface area contributed by atoms with Crippen LogP contribution in [0.4, 0.5) is 0 Å². The fourth-order valence-electron chi connectivity index (χ4n) is 4.37. The molecule has 0 saturated carbocycles. The maximum atomic E-state index is 12.7. The summed E-state index contributed by atoms with van der Waals surface area (Å²) in [4.78, 5) is 15.3. The fraction of sp³-hybridized carbons (Fsp3) is 0.556. The van der Waals surface area contributed by atoms with E-state index in [1.165, 1.54) is 19.3 Å². The number of hydrogen-bond acceptors (Lipinski definition) is 5. The number of fused-ring (bicyclic) bond motifs is 3. The van der Waals surface area contributed by atoms with Crippen LogP contribution in [-0.2, 0) is 17.4 Å². The number of rotatable bonds is 2. The minimum atomic E-state index is -4.67. The van der Waals surface area contributed by atoms with E-state index < -0.39 is 10.4 Å². The number of nitrogens with zero attached hydrogens (tertiary/aromatic N) is 3. The van der Waals surface area contributed by atoms with Crippen LogP contribution in [0.15, 0.2) is 24.3 Å². The number of carbonyl (C=O) groups is 1. The molecule has 1 aromatic carbocycles. The van der Waals surface area contributed by atoms with Gasteiger partial charge < -0.3 is 10.2 Å². The van der Waals surface area contributed by atoms with Crippen molar-refractivity contribution in [2.75, 3.05) is 7.05 Å². The van der Waals surface area contributed by atoms with Crippen LogP contribution in [0.2, 0.25) is 0 Å². The Balaban J connectivity index is 0.000000403. The Kier molecular flexibility index (Phi) is 6.04. The van der Waals surface area contributed by atoms with Crippen LogP contribution < -0.4 is 5.32 Å². The highest BCUT2D eigenvalue weighted by atomic mass is 32.3. The highest BCUT2D eigenvalue weighted by Gasteiger charge is 2.36. The molecule has 28 heavy (non-hydrogen) atoms. The number of hydrogen-bond donors (Lipinski definition) is 3. The first kappa shape index (κ1) is 20.7. The molecule has 1 amide bonds. The first-order valence-electron chi connectivity index (χ1n) is 9.28. The summed E-state index contributed by atoms with van der Waals surface area (Å²) in [5, 5.41) is 8.62. The number of amides is 1. The smallest absolute Gasteiger partial charge is 0.348 e. The molecule has 0 aliphatic carbocycles. The molecule has 2 aromatic rings. The average Bonchev–Trinajstić information content (AvgIpc) is 2.92. The van der Waals surface area contributed by atoms with E-state index in [9.17, 15) is 4.79 Å². The van der Waals surface area contributed by atoms with Crippen molar-refractivity contribution in [2.24, 2.45) is 7.05 Å². The van der Waals surface area contributed by atoms with E-state index in [2.05, 4.69) is 22.4 Å². The highest BCUT2D eigenvalue weighted by Crippen LogP contribution is 2.32. The monoisotopic (exact) mass is 410 g/mol. The second kappa shape index (κ2) is 8.16. The Morgan fingerprint density at radius 2 is 1.71 bits per heavy atom. The van der Waals surface area contributed by atoms with Gasteiger partial charge in [0, 0.05) is 30.6 Å². The summed E-state index contributed by atoms with van der Waals surface area (Å²) in [6, 6.07) is 9.42. The average molecular weight is 410 g/mol. The van der Waals surface area contributed by atoms with E-state index in [1.807, 2.05) is 31.3 Å². The molecule has 2 bridgehead atoms. The minimum Gasteiger partial charge on any atom is -0.348 e. The maximum Gasteiger partial charge on any atom is 0.394 e. The van der Waals surface area contributed by atoms with Crippen molar-refractivity contribution in [3.63, 3.8) is 0 Å². The van der Waals surface area contributed by atoms with Crippen LogP contribution in [0.25, 0.3) is 10.9 Å². The molecular weight excluding hydrogens is 384 g/mol. The summed E-state index contributed by atoms with van der Waals surface area (Å²) < 4.78 is 33.4. The molecule has 3 heterocycles. The van der Waals surface area contributed by atoms with Gasteiger partial charge in [-0.3, -0.25) is 18.6 Å². The molecule has 154 valence electrons. The number of aryl methyl sites for hydroxylation is 1. The van der Waals surface area contributed by atoms with Gasteiger partial charge in [-0.25, -0.2) is 0 Å². The van der Waals surface area contributed by atoms with Gasteiger partial charge in [-0.1, -0.05) is 24.6 Å². The Hall–Kier alpha value is -2.01. The third-order valence-corrected chi connectivity index (χ3v) is 5.65. The summed E-state index contributed by atoms with van der Waals surface area (Å²) in [7, 11) is -0.544. The van der Waals surface area contributed by atoms with Crippen LogP contribution in [0.1, 0.15) is 42.6 Å². The molecule has 4 rings (SSSR count). The van der Waals surface area contributed by atoms with Crippen LogP contribution in [0.3, 0.4) is 0 Å². The quantitative estimate of drug-likeness (QED) is 0.643. The summed E-state index contributed by atoms with van der Waals surface area (Å²) in [6.45, 7) is 0. The molecule has 3 N–H and O–H groups in total. The van der Waals surface area contributed by atoms with Crippen LogP contribution in [0, 0.1) is 0 Å². The number of benzene rings is 1. The minimum absolute atomic E-state index is 0.0329. The molecule has 1 aromatic heterocycles. The van der Waals surface area contributed by atoms with Gasteiger partial charge in [0.1, 0.15) is 0 Å². The van der Waals surface area contributed by atoms with Gasteiger partial charge in [0.2, 0.25) is 0 Å². The second-order valence-electron chi connectivity index (χ2n) is 7.48. The van der Waals surface area contributed by atoms with Gasteiger partial charge in [0.05, 0.1) is 5.52 Å². The van der Waals surface area contributed by atoms with Crippen molar-refractivity contribution in [2.45, 2.75) is 50.2 Å². The first-order valence-corrected chi connectivity index (χ1v) is 10.7. The second-order valence-corrected chi connectivity index (χ2v) is 8.38. The third-order valence-electron chi connectivity index (χ3n) is 5.65. The molecule has 3 atom stereocenters. The molecule has 2 fully saturated rings. The molecule has 2 aliphatic heterocycles. The number of aromatic nitrogens is 2. The van der Waals surface area contributed by atoms with E-state index >= 15 is 0 Å². The van der Waals surface area contributed by atoms with Crippen LogP contribution in [0.5, 0.6) is 0 Å².